The first-order valence-electron chi connectivity index (χ1n) is 19.4. The van der Waals surface area contributed by atoms with Gasteiger partial charge in [0.05, 0.1) is 36.7 Å². The molecule has 3 saturated heterocycles. The maximum Gasteiger partial charge on any atom is 0.393 e. The Labute approximate surface area is 316 Å². The van der Waals surface area contributed by atoms with Crippen LogP contribution in [-0.4, -0.2) is 115 Å². The molecule has 0 unspecified atom stereocenters. The number of anilines is 2. The molecule has 0 spiro atoms. The van der Waals surface area contributed by atoms with E-state index in [0.29, 0.717) is 43.3 Å². The summed E-state index contributed by atoms with van der Waals surface area (Å²) in [6.45, 7) is 6.91. The number of likely N-dealkylation sites (tertiary alicyclic amines) is 2. The molecular weight excluding hydrogens is 693 g/mol. The Balaban J connectivity index is 1.23. The van der Waals surface area contributed by atoms with Gasteiger partial charge in [0.15, 0.2) is 0 Å². The summed E-state index contributed by atoms with van der Waals surface area (Å²) < 4.78 is 51.3. The zero-order valence-corrected chi connectivity index (χ0v) is 31.4. The van der Waals surface area contributed by atoms with Crippen molar-refractivity contribution in [2.24, 2.45) is 5.92 Å². The third-order valence-electron chi connectivity index (χ3n) is 11.7. The van der Waals surface area contributed by atoms with Gasteiger partial charge in [0.2, 0.25) is 5.91 Å². The molecule has 7 rings (SSSR count). The van der Waals surface area contributed by atoms with Crippen molar-refractivity contribution < 1.29 is 22.7 Å². The summed E-state index contributed by atoms with van der Waals surface area (Å²) in [5.41, 5.74) is 2.67. The lowest BCUT2D eigenvalue weighted by Gasteiger charge is -2.41. The number of rotatable bonds is 9. The van der Waals surface area contributed by atoms with E-state index in [9.17, 15) is 10.1 Å². The predicted octanol–water partition coefficient (Wildman–Crippen LogP) is 6.13. The van der Waals surface area contributed by atoms with Gasteiger partial charge in [0, 0.05) is 61.5 Å². The van der Waals surface area contributed by atoms with E-state index >= 15 is 13.2 Å². The molecular formula is C41H51F3N8O2. The molecule has 0 saturated carbocycles. The number of carbonyl (C=O) groups excluding carboxylic acids is 1. The molecule has 3 atom stereocenters. The van der Waals surface area contributed by atoms with Gasteiger partial charge in [0.1, 0.15) is 12.4 Å². The largest absolute Gasteiger partial charge is 0.462 e. The van der Waals surface area contributed by atoms with Crippen LogP contribution in [-0.2, 0) is 17.8 Å². The fourth-order valence-corrected chi connectivity index (χ4v) is 8.67. The number of likely N-dealkylation sites (N-methyl/N-ethyl adjacent to an activating group) is 1. The van der Waals surface area contributed by atoms with Crippen LogP contribution in [0.2, 0.25) is 0 Å². The maximum atomic E-state index is 15.0. The van der Waals surface area contributed by atoms with Crippen LogP contribution in [0.15, 0.2) is 48.6 Å². The van der Waals surface area contributed by atoms with Crippen molar-refractivity contribution in [3.05, 3.63) is 65.4 Å². The lowest BCUT2D eigenvalue weighted by molar-refractivity contribution is -0.171. The predicted molar refractivity (Wildman–Crippen MR) is 204 cm³/mol. The van der Waals surface area contributed by atoms with Gasteiger partial charge >= 0.3 is 12.2 Å². The Kier molecular flexibility index (Phi) is 11.6. The molecule has 1 amide bonds. The van der Waals surface area contributed by atoms with Gasteiger partial charge in [-0.05, 0) is 82.7 Å². The topological polar surface area (TPSA) is 92.1 Å². The number of alkyl halides is 3. The number of nitrogens with zero attached hydrogens (tertiary/aromatic N) is 8. The smallest absolute Gasteiger partial charge is 0.393 e. The van der Waals surface area contributed by atoms with E-state index in [0.717, 1.165) is 67.3 Å². The van der Waals surface area contributed by atoms with E-state index in [2.05, 4.69) is 22.9 Å². The van der Waals surface area contributed by atoms with Gasteiger partial charge in [-0.1, -0.05) is 42.8 Å². The average Bonchev–Trinajstić information content (AvgIpc) is 3.46. The van der Waals surface area contributed by atoms with E-state index in [-0.39, 0.29) is 50.4 Å². The van der Waals surface area contributed by atoms with Crippen LogP contribution in [0.3, 0.4) is 0 Å². The molecule has 5 heterocycles. The number of hydrogen-bond acceptors (Lipinski definition) is 9. The van der Waals surface area contributed by atoms with Crippen LogP contribution in [0.5, 0.6) is 6.01 Å². The quantitative estimate of drug-likeness (QED) is 0.240. The number of benzene rings is 2. The third-order valence-corrected chi connectivity index (χ3v) is 11.7. The summed E-state index contributed by atoms with van der Waals surface area (Å²) in [6, 6.07) is 13.8. The molecule has 2 aromatic carbocycles. The summed E-state index contributed by atoms with van der Waals surface area (Å²) in [5, 5.41) is 11.7. The Hall–Kier alpha value is -4.41. The Morgan fingerprint density at radius 1 is 0.981 bits per heavy atom. The van der Waals surface area contributed by atoms with Crippen LogP contribution in [0.1, 0.15) is 55.3 Å². The summed E-state index contributed by atoms with van der Waals surface area (Å²) in [6.07, 6.45) is 4.44. The zero-order valence-electron chi connectivity index (χ0n) is 31.4. The lowest BCUT2D eigenvalue weighted by Crippen LogP contribution is -2.55. The fraction of sp³-hybridized carbons (Fsp3) is 0.561. The highest BCUT2D eigenvalue weighted by Crippen LogP contribution is 2.41. The van der Waals surface area contributed by atoms with Gasteiger partial charge in [-0.2, -0.15) is 28.4 Å². The summed E-state index contributed by atoms with van der Waals surface area (Å²) in [4.78, 5) is 33.3. The SMILES string of the molecule is Cc1cccc2cccc(N3Cc4nc(OC[C@@H]5CCCN5C)nc(N5CCN(C(=O)/C=C/CN6CCCCC6)[C@@H](CC#N)C5)c4C[C@H](C(F)(F)F)C3)c12. The number of aromatic nitrogens is 2. The van der Waals surface area contributed by atoms with E-state index in [1.54, 1.807) is 11.0 Å². The first-order chi connectivity index (χ1) is 26.1. The molecule has 288 valence electrons. The van der Waals surface area contributed by atoms with Gasteiger partial charge in [0.25, 0.3) is 0 Å². The first-order valence-corrected chi connectivity index (χ1v) is 19.4. The standard InChI is InChI=1S/C41H51F3N8O2/c1-29-10-6-11-30-12-7-14-36(38(29)30)51-25-31(41(42,43)44)24-34-35(27-51)46-40(54-28-33-13-8-18-48(33)2)47-39(34)50-22-23-52(32(26-50)16-17-45)37(53)15-9-21-49-19-4-3-5-20-49/h6-7,9-12,14-15,31-33H,3-5,8,13,16,18-28H2,1-2H3/b15-9+/t31-,32-,33-/m0/s1. The number of nitriles is 1. The minimum absolute atomic E-state index is 0.0895. The van der Waals surface area contributed by atoms with Gasteiger partial charge in [-0.15, -0.1) is 0 Å². The van der Waals surface area contributed by atoms with Gasteiger partial charge in [-0.25, -0.2) is 0 Å². The molecule has 10 nitrogen and oxygen atoms in total. The Morgan fingerprint density at radius 3 is 2.52 bits per heavy atom. The van der Waals surface area contributed by atoms with Crippen molar-refractivity contribution in [3.8, 4) is 12.1 Å². The van der Waals surface area contributed by atoms with Crippen molar-refractivity contribution in [2.75, 3.05) is 75.8 Å². The molecule has 0 N–H and O–H groups in total. The number of aryl methyl sites for hydroxylation is 1. The first kappa shape index (κ1) is 37.9. The summed E-state index contributed by atoms with van der Waals surface area (Å²) >= 11 is 0. The normalized spacial score (nSPS) is 23.1. The number of ether oxygens (including phenoxy) is 1. The van der Waals surface area contributed by atoms with Crippen LogP contribution in [0, 0.1) is 24.2 Å². The molecule has 54 heavy (non-hydrogen) atoms. The number of amides is 1. The molecule has 1 aromatic heterocycles. The van der Waals surface area contributed by atoms with Gasteiger partial charge < -0.3 is 24.3 Å². The van der Waals surface area contributed by atoms with E-state index < -0.39 is 18.1 Å². The highest BCUT2D eigenvalue weighted by molar-refractivity contribution is 5.97. The van der Waals surface area contributed by atoms with E-state index in [4.69, 9.17) is 14.7 Å². The zero-order chi connectivity index (χ0) is 37.8. The summed E-state index contributed by atoms with van der Waals surface area (Å²) in [7, 11) is 2.06. The summed E-state index contributed by atoms with van der Waals surface area (Å²) in [5.74, 6) is -1.44. The molecule has 3 fully saturated rings. The van der Waals surface area contributed by atoms with Crippen molar-refractivity contribution in [2.45, 2.75) is 76.7 Å². The third kappa shape index (κ3) is 8.45. The Morgan fingerprint density at radius 2 is 1.78 bits per heavy atom. The number of piperidine rings is 1. The van der Waals surface area contributed by atoms with Crippen LogP contribution < -0.4 is 14.5 Å². The van der Waals surface area contributed by atoms with Crippen LogP contribution in [0.4, 0.5) is 24.7 Å². The fourth-order valence-electron chi connectivity index (χ4n) is 8.67. The number of halogens is 3. The Bertz CT molecular complexity index is 1870. The van der Waals surface area contributed by atoms with Crippen molar-refractivity contribution in [3.63, 3.8) is 0 Å². The highest BCUT2D eigenvalue weighted by Gasteiger charge is 2.44. The molecule has 4 aliphatic heterocycles. The number of fused-ring (bicyclic) bond motifs is 2. The molecule has 0 aliphatic carbocycles. The second-order valence-corrected chi connectivity index (χ2v) is 15.4. The number of hydrogen-bond donors (Lipinski definition) is 0. The highest BCUT2D eigenvalue weighted by atomic mass is 19.4. The monoisotopic (exact) mass is 744 g/mol. The second-order valence-electron chi connectivity index (χ2n) is 15.4. The number of piperazine rings is 1. The van der Waals surface area contributed by atoms with Crippen LogP contribution in [0.25, 0.3) is 10.8 Å². The second kappa shape index (κ2) is 16.5. The van der Waals surface area contributed by atoms with E-state index in [1.165, 1.54) is 6.42 Å². The van der Waals surface area contributed by atoms with E-state index in [1.807, 2.05) is 59.2 Å². The molecule has 0 radical (unpaired) electrons. The number of carbonyl (C=O) groups is 1. The molecule has 3 aromatic rings. The minimum Gasteiger partial charge on any atom is -0.462 e. The average molecular weight is 745 g/mol. The van der Waals surface area contributed by atoms with Crippen molar-refractivity contribution >= 4 is 28.2 Å². The maximum absolute atomic E-state index is 15.0. The van der Waals surface area contributed by atoms with Crippen molar-refractivity contribution in [1.29, 1.82) is 5.26 Å². The van der Waals surface area contributed by atoms with Crippen LogP contribution >= 0.6 is 0 Å². The molecule has 4 aliphatic rings. The van der Waals surface area contributed by atoms with Crippen molar-refractivity contribution in [1.82, 2.24) is 24.7 Å². The minimum atomic E-state index is -4.48. The lowest BCUT2D eigenvalue weighted by atomic mass is 9.98. The molecule has 0 bridgehead atoms. The van der Waals surface area contributed by atoms with Gasteiger partial charge in [-0.3, -0.25) is 9.69 Å². The molecule has 13 heteroatoms.